The number of halogens is 1. The molecule has 1 saturated carbocycles. The lowest BCUT2D eigenvalue weighted by molar-refractivity contribution is -0.141. The highest BCUT2D eigenvalue weighted by Crippen LogP contribution is 2.41. The van der Waals surface area contributed by atoms with E-state index >= 15 is 0 Å². The third-order valence-electron chi connectivity index (χ3n) is 6.65. The molecule has 2 aliphatic rings. The summed E-state index contributed by atoms with van der Waals surface area (Å²) in [6.45, 7) is 0.612. The van der Waals surface area contributed by atoms with Crippen molar-refractivity contribution in [3.8, 4) is 16.9 Å². The topological polar surface area (TPSA) is 66.8 Å². The number of hydrogen-bond acceptors (Lipinski definition) is 3. The molecule has 5 rings (SSSR count). The highest BCUT2D eigenvalue weighted by molar-refractivity contribution is 6.31. The van der Waals surface area contributed by atoms with Crippen LogP contribution >= 0.6 is 11.6 Å². The van der Waals surface area contributed by atoms with Crippen LogP contribution in [0.25, 0.3) is 11.1 Å². The van der Waals surface area contributed by atoms with Crippen LogP contribution in [0.5, 0.6) is 5.75 Å². The molecule has 3 aromatic carbocycles. The average Bonchev–Trinajstić information content (AvgIpc) is 3.58. The molecular formula is C28H26ClNO4. The molecule has 0 unspecified atom stereocenters. The summed E-state index contributed by atoms with van der Waals surface area (Å²) in [6.07, 6.45) is 3.24. The van der Waals surface area contributed by atoms with Crippen LogP contribution in [0, 0.1) is 5.92 Å². The molecule has 174 valence electrons. The van der Waals surface area contributed by atoms with Gasteiger partial charge in [0.25, 0.3) is 5.91 Å². The van der Waals surface area contributed by atoms with E-state index < -0.39 is 18.1 Å². The van der Waals surface area contributed by atoms with Crippen LogP contribution in [0.15, 0.2) is 72.8 Å². The summed E-state index contributed by atoms with van der Waals surface area (Å²) in [5.74, 6) is -0.133. The maximum atomic E-state index is 13.8. The van der Waals surface area contributed by atoms with Gasteiger partial charge in [-0.25, -0.2) is 4.79 Å². The number of likely N-dealkylation sites (tertiary alicyclic amines) is 1. The fourth-order valence-corrected chi connectivity index (χ4v) is 4.92. The Morgan fingerprint density at radius 3 is 2.38 bits per heavy atom. The minimum absolute atomic E-state index is 0.328. The normalized spacial score (nSPS) is 19.7. The Morgan fingerprint density at radius 2 is 1.68 bits per heavy atom. The summed E-state index contributed by atoms with van der Waals surface area (Å²) < 4.78 is 6.17. The van der Waals surface area contributed by atoms with E-state index in [0.717, 1.165) is 29.5 Å². The van der Waals surface area contributed by atoms with Gasteiger partial charge in [-0.15, -0.1) is 0 Å². The van der Waals surface area contributed by atoms with E-state index in [1.165, 1.54) is 4.90 Å². The van der Waals surface area contributed by atoms with Gasteiger partial charge in [0.1, 0.15) is 11.8 Å². The predicted octanol–water partition coefficient (Wildman–Crippen LogP) is 6.23. The molecule has 6 heteroatoms. The van der Waals surface area contributed by atoms with Crippen LogP contribution in [0.3, 0.4) is 0 Å². The van der Waals surface area contributed by atoms with E-state index in [9.17, 15) is 14.7 Å². The summed E-state index contributed by atoms with van der Waals surface area (Å²) in [6, 6.07) is 21.3. The van der Waals surface area contributed by atoms with Crippen LogP contribution in [0.4, 0.5) is 0 Å². The maximum Gasteiger partial charge on any atom is 0.326 e. The van der Waals surface area contributed by atoms with Gasteiger partial charge in [0.2, 0.25) is 0 Å². The highest BCUT2D eigenvalue weighted by atomic mass is 35.5. The minimum Gasteiger partial charge on any atom is -0.493 e. The molecule has 1 aliphatic heterocycles. The quantitative estimate of drug-likeness (QED) is 0.440. The van der Waals surface area contributed by atoms with E-state index in [0.29, 0.717) is 41.7 Å². The van der Waals surface area contributed by atoms with Gasteiger partial charge >= 0.3 is 5.97 Å². The molecule has 3 aromatic rings. The number of benzene rings is 3. The molecule has 34 heavy (non-hydrogen) atoms. The number of hydrogen-bond donors (Lipinski definition) is 1. The van der Waals surface area contributed by atoms with Crippen LogP contribution < -0.4 is 4.74 Å². The van der Waals surface area contributed by atoms with E-state index in [1.54, 1.807) is 18.2 Å². The highest BCUT2D eigenvalue weighted by Gasteiger charge is 2.42. The van der Waals surface area contributed by atoms with Crippen LogP contribution in [0.1, 0.15) is 47.6 Å². The van der Waals surface area contributed by atoms with Gasteiger partial charge in [-0.3, -0.25) is 4.79 Å². The van der Waals surface area contributed by atoms with Crippen molar-refractivity contribution in [1.29, 1.82) is 0 Å². The Morgan fingerprint density at radius 1 is 0.941 bits per heavy atom. The summed E-state index contributed by atoms with van der Waals surface area (Å²) in [5.41, 5.74) is 3.10. The lowest BCUT2D eigenvalue weighted by Crippen LogP contribution is -2.41. The van der Waals surface area contributed by atoms with Crippen molar-refractivity contribution in [3.05, 3.63) is 88.9 Å². The van der Waals surface area contributed by atoms with Crippen LogP contribution in [-0.4, -0.2) is 34.5 Å². The predicted molar refractivity (Wildman–Crippen MR) is 131 cm³/mol. The van der Waals surface area contributed by atoms with Crippen molar-refractivity contribution >= 4 is 23.5 Å². The van der Waals surface area contributed by atoms with Crippen molar-refractivity contribution < 1.29 is 19.4 Å². The Hall–Kier alpha value is -3.31. The summed E-state index contributed by atoms with van der Waals surface area (Å²) in [5, 5.41) is 10.4. The third kappa shape index (κ3) is 4.53. The number of carbonyl (C=O) groups excluding carboxylic acids is 1. The Labute approximate surface area is 203 Å². The summed E-state index contributed by atoms with van der Waals surface area (Å²) >= 11 is 6.43. The smallest absolute Gasteiger partial charge is 0.326 e. The number of carboxylic acids is 1. The first kappa shape index (κ1) is 22.5. The van der Waals surface area contributed by atoms with E-state index in [1.807, 2.05) is 54.6 Å². The molecule has 2 atom stereocenters. The number of nitrogens with zero attached hydrogens (tertiary/aromatic N) is 1. The average molecular weight is 476 g/mol. The van der Waals surface area contributed by atoms with Gasteiger partial charge in [-0.1, -0.05) is 60.1 Å². The van der Waals surface area contributed by atoms with Crippen molar-refractivity contribution in [2.75, 3.05) is 6.61 Å². The number of rotatable bonds is 7. The van der Waals surface area contributed by atoms with Gasteiger partial charge in [0.05, 0.1) is 12.6 Å². The molecule has 1 amide bonds. The minimum atomic E-state index is -1.01. The van der Waals surface area contributed by atoms with Gasteiger partial charge in [0.15, 0.2) is 0 Å². The number of carboxylic acid groups (broad SMARTS) is 1. The van der Waals surface area contributed by atoms with Crippen LogP contribution in [-0.2, 0) is 4.79 Å². The van der Waals surface area contributed by atoms with Crippen LogP contribution in [0.2, 0.25) is 5.02 Å². The summed E-state index contributed by atoms with van der Waals surface area (Å²) in [7, 11) is 0. The molecular weight excluding hydrogens is 450 g/mol. The van der Waals surface area contributed by atoms with E-state index in [2.05, 4.69) is 0 Å². The standard InChI is InChI=1S/C28H26ClNO4/c29-23-9-5-4-8-22(23)24-14-15-25(28(32)33)30(24)27(31)20-12-13-21(19-6-2-1-3-7-19)26(16-20)34-17-18-10-11-18/h1-9,12-13,16,18,24-25H,10-11,14-15,17H2,(H,32,33)/t24-,25+/m1/s1. The zero-order chi connectivity index (χ0) is 23.7. The van der Waals surface area contributed by atoms with E-state index in [-0.39, 0.29) is 5.91 Å². The molecule has 0 spiro atoms. The van der Waals surface area contributed by atoms with Gasteiger partial charge in [-0.05, 0) is 67.0 Å². The Bertz CT molecular complexity index is 1210. The zero-order valence-electron chi connectivity index (χ0n) is 18.7. The molecule has 2 fully saturated rings. The van der Waals surface area contributed by atoms with Gasteiger partial charge in [-0.2, -0.15) is 0 Å². The maximum absolute atomic E-state index is 13.8. The molecule has 1 heterocycles. The van der Waals surface area contributed by atoms with Gasteiger partial charge in [0, 0.05) is 16.1 Å². The molecule has 0 bridgehead atoms. The second kappa shape index (κ2) is 9.51. The van der Waals surface area contributed by atoms with Crippen molar-refractivity contribution in [2.45, 2.75) is 37.8 Å². The molecule has 5 nitrogen and oxygen atoms in total. The Kier molecular flexibility index (Phi) is 6.29. The first-order valence-electron chi connectivity index (χ1n) is 11.6. The SMILES string of the molecule is O=C(O)[C@@H]1CC[C@H](c2ccccc2Cl)N1C(=O)c1ccc(-c2ccccc2)c(OCC2CC2)c1. The molecule has 1 saturated heterocycles. The Balaban J connectivity index is 1.52. The second-order valence-corrected chi connectivity index (χ2v) is 9.42. The second-order valence-electron chi connectivity index (χ2n) is 9.01. The largest absolute Gasteiger partial charge is 0.493 e. The summed E-state index contributed by atoms with van der Waals surface area (Å²) in [4.78, 5) is 27.3. The first-order valence-corrected chi connectivity index (χ1v) is 12.0. The molecule has 0 radical (unpaired) electrons. The fourth-order valence-electron chi connectivity index (χ4n) is 4.66. The number of amides is 1. The monoisotopic (exact) mass is 475 g/mol. The number of aliphatic carboxylic acids is 1. The fraction of sp³-hybridized carbons (Fsp3) is 0.286. The zero-order valence-corrected chi connectivity index (χ0v) is 19.4. The lowest BCUT2D eigenvalue weighted by atomic mass is 10.0. The molecule has 0 aromatic heterocycles. The number of ether oxygens (including phenoxy) is 1. The molecule has 1 N–H and O–H groups in total. The first-order chi connectivity index (χ1) is 16.5. The lowest BCUT2D eigenvalue weighted by Gasteiger charge is -2.29. The van der Waals surface area contributed by atoms with Crippen molar-refractivity contribution in [1.82, 2.24) is 4.90 Å². The van der Waals surface area contributed by atoms with E-state index in [4.69, 9.17) is 16.3 Å². The number of carbonyl (C=O) groups is 2. The van der Waals surface area contributed by atoms with Gasteiger partial charge < -0.3 is 14.7 Å². The molecule has 1 aliphatic carbocycles. The third-order valence-corrected chi connectivity index (χ3v) is 7.00. The van der Waals surface area contributed by atoms with Crippen molar-refractivity contribution in [3.63, 3.8) is 0 Å². The van der Waals surface area contributed by atoms with Crippen molar-refractivity contribution in [2.24, 2.45) is 5.92 Å².